The maximum absolute atomic E-state index is 5.14. The number of hydrogen-bond acceptors (Lipinski definition) is 3. The van der Waals surface area contributed by atoms with E-state index in [1.54, 1.807) is 0 Å². The van der Waals surface area contributed by atoms with Crippen molar-refractivity contribution in [3.63, 3.8) is 0 Å². The Bertz CT molecular complexity index is 1230. The molecule has 1 radical (unpaired) electrons. The molecular weight excluding hydrogens is 535 g/mol. The topological polar surface area (TPSA) is 18.8 Å². The molecule has 0 aromatic heterocycles. The molecule has 6 rings (SSSR count). The van der Waals surface area contributed by atoms with Crippen LogP contribution in [-0.2, 0) is 20.1 Å². The molecule has 0 aliphatic carbocycles. The van der Waals surface area contributed by atoms with Gasteiger partial charge >= 0.3 is 0 Å². The average molecular weight is 551 g/mol. The summed E-state index contributed by atoms with van der Waals surface area (Å²) in [7, 11) is 0. The summed E-state index contributed by atoms with van der Waals surface area (Å²) in [5.74, 6) is 0.876. The number of aliphatic imine (C=N–C) groups is 1. The largest absolute Gasteiger partial charge is 0.302 e. The number of benzene rings is 4. The van der Waals surface area contributed by atoms with Crippen molar-refractivity contribution in [1.29, 1.82) is 0 Å². The van der Waals surface area contributed by atoms with Crippen molar-refractivity contribution < 1.29 is 20.1 Å². The summed E-state index contributed by atoms with van der Waals surface area (Å²) in [5.41, 5.74) is 7.66. The van der Waals surface area contributed by atoms with Crippen LogP contribution in [0.3, 0.4) is 0 Å². The van der Waals surface area contributed by atoms with Gasteiger partial charge in [-0.05, 0) is 24.3 Å². The molecule has 0 spiro atoms. The molecule has 4 heteroatoms. The van der Waals surface area contributed by atoms with Gasteiger partial charge in [0.1, 0.15) is 0 Å². The standard InChI is InChI=1S/C25H16N3.Ir/c1-2-10-18(11-3-1)27-23-16-8-9-17-24(23)28-22-15-7-5-13-20(22)19-12-4-6-14-21(19)26-25(27)28;/h1-10,12-17H;/q-1;. The minimum absolute atomic E-state index is 0. The van der Waals surface area contributed by atoms with E-state index in [1.165, 1.54) is 5.56 Å². The van der Waals surface area contributed by atoms with Crippen LogP contribution < -0.4 is 9.80 Å². The molecule has 29 heavy (non-hydrogen) atoms. The zero-order chi connectivity index (χ0) is 18.5. The number of anilines is 4. The number of nitrogens with zero attached hydrogens (tertiary/aromatic N) is 3. The third-order valence-corrected chi connectivity index (χ3v) is 5.26. The molecule has 0 amide bonds. The SMILES string of the molecule is [Ir].[c-]1ccccc1N1C2=Nc3ccccc3-c3ccccc3N2c2ccccc21. The first-order valence-electron chi connectivity index (χ1n) is 9.35. The zero-order valence-corrected chi connectivity index (χ0v) is 17.8. The molecule has 0 fully saturated rings. The Morgan fingerprint density at radius 3 is 1.97 bits per heavy atom. The molecule has 0 atom stereocenters. The Kier molecular flexibility index (Phi) is 4.31. The molecule has 0 bridgehead atoms. The molecule has 0 saturated carbocycles. The second-order valence-corrected chi connectivity index (χ2v) is 6.85. The van der Waals surface area contributed by atoms with E-state index in [9.17, 15) is 0 Å². The van der Waals surface area contributed by atoms with Crippen LogP contribution in [0.1, 0.15) is 0 Å². The van der Waals surface area contributed by atoms with Gasteiger partial charge in [-0.25, -0.2) is 4.99 Å². The third-order valence-electron chi connectivity index (χ3n) is 5.26. The van der Waals surface area contributed by atoms with Crippen LogP contribution in [0.2, 0.25) is 0 Å². The van der Waals surface area contributed by atoms with E-state index in [0.717, 1.165) is 40.0 Å². The average Bonchev–Trinajstić information content (AvgIpc) is 3.00. The van der Waals surface area contributed by atoms with E-state index in [1.807, 2.05) is 24.3 Å². The van der Waals surface area contributed by atoms with E-state index in [-0.39, 0.29) is 20.1 Å². The van der Waals surface area contributed by atoms with Crippen LogP contribution >= 0.6 is 0 Å². The first kappa shape index (κ1) is 17.9. The predicted molar refractivity (Wildman–Crippen MR) is 115 cm³/mol. The van der Waals surface area contributed by atoms with E-state index >= 15 is 0 Å². The van der Waals surface area contributed by atoms with E-state index in [2.05, 4.69) is 88.7 Å². The molecule has 4 aromatic rings. The van der Waals surface area contributed by atoms with Crippen molar-refractivity contribution >= 4 is 34.4 Å². The fourth-order valence-corrected chi connectivity index (χ4v) is 4.06. The van der Waals surface area contributed by atoms with E-state index in [0.29, 0.717) is 0 Å². The quantitative estimate of drug-likeness (QED) is 0.254. The molecule has 0 N–H and O–H groups in total. The summed E-state index contributed by atoms with van der Waals surface area (Å²) in [6, 6.07) is 36.7. The molecular formula is C25H16IrN3-. The second kappa shape index (κ2) is 7.00. The molecule has 141 valence electrons. The number of fused-ring (bicyclic) bond motifs is 7. The first-order valence-corrected chi connectivity index (χ1v) is 9.35. The van der Waals surface area contributed by atoms with Crippen LogP contribution in [0.25, 0.3) is 11.1 Å². The van der Waals surface area contributed by atoms with Crippen molar-refractivity contribution in [3.8, 4) is 11.1 Å². The Morgan fingerprint density at radius 1 is 0.586 bits per heavy atom. The van der Waals surface area contributed by atoms with Gasteiger partial charge in [-0.3, -0.25) is 4.90 Å². The van der Waals surface area contributed by atoms with Crippen LogP contribution in [-0.4, -0.2) is 5.96 Å². The van der Waals surface area contributed by atoms with Gasteiger partial charge in [-0.1, -0.05) is 54.2 Å². The summed E-state index contributed by atoms with van der Waals surface area (Å²) in [6.45, 7) is 0. The molecule has 0 unspecified atom stereocenters. The van der Waals surface area contributed by atoms with Crippen LogP contribution in [0.4, 0.5) is 28.4 Å². The Morgan fingerprint density at radius 2 is 1.21 bits per heavy atom. The minimum atomic E-state index is 0. The Labute approximate surface area is 183 Å². The van der Waals surface area contributed by atoms with Gasteiger partial charge in [0.25, 0.3) is 0 Å². The molecule has 0 saturated heterocycles. The molecule has 2 heterocycles. The molecule has 4 aromatic carbocycles. The number of guanidine groups is 1. The number of rotatable bonds is 1. The molecule has 3 nitrogen and oxygen atoms in total. The maximum atomic E-state index is 5.14. The number of hydrogen-bond donors (Lipinski definition) is 0. The van der Waals surface area contributed by atoms with Crippen molar-refractivity contribution in [2.75, 3.05) is 9.80 Å². The van der Waals surface area contributed by atoms with Gasteiger partial charge in [0.15, 0.2) is 0 Å². The zero-order valence-electron chi connectivity index (χ0n) is 15.4. The number of para-hydroxylation sites is 5. The summed E-state index contributed by atoms with van der Waals surface area (Å²) < 4.78 is 0. The van der Waals surface area contributed by atoms with Gasteiger partial charge in [0.2, 0.25) is 5.96 Å². The maximum Gasteiger partial charge on any atom is 0.218 e. The summed E-state index contributed by atoms with van der Waals surface area (Å²) in [6.07, 6.45) is 0. The van der Waals surface area contributed by atoms with E-state index in [4.69, 9.17) is 4.99 Å². The fraction of sp³-hybridized carbons (Fsp3) is 0. The van der Waals surface area contributed by atoms with Crippen LogP contribution in [0, 0.1) is 6.07 Å². The van der Waals surface area contributed by atoms with Crippen LogP contribution in [0.5, 0.6) is 0 Å². The Hall–Kier alpha value is -3.20. The van der Waals surface area contributed by atoms with Gasteiger partial charge in [0.05, 0.1) is 22.7 Å². The van der Waals surface area contributed by atoms with E-state index < -0.39 is 0 Å². The van der Waals surface area contributed by atoms with Gasteiger partial charge in [-0.2, -0.15) is 24.3 Å². The van der Waals surface area contributed by atoms with Crippen molar-refractivity contribution in [3.05, 3.63) is 103 Å². The van der Waals surface area contributed by atoms with Crippen molar-refractivity contribution in [2.45, 2.75) is 0 Å². The minimum Gasteiger partial charge on any atom is -0.302 e. The Balaban J connectivity index is 0.00000181. The monoisotopic (exact) mass is 551 g/mol. The van der Waals surface area contributed by atoms with Gasteiger partial charge in [-0.15, -0.1) is 6.07 Å². The van der Waals surface area contributed by atoms with Gasteiger partial charge < -0.3 is 4.90 Å². The fourth-order valence-electron chi connectivity index (χ4n) is 4.06. The van der Waals surface area contributed by atoms with Gasteiger partial charge in [0, 0.05) is 31.2 Å². The predicted octanol–water partition coefficient (Wildman–Crippen LogP) is 6.44. The van der Waals surface area contributed by atoms with Crippen molar-refractivity contribution in [2.24, 2.45) is 4.99 Å². The van der Waals surface area contributed by atoms with Crippen molar-refractivity contribution in [1.82, 2.24) is 0 Å². The van der Waals surface area contributed by atoms with Crippen LogP contribution in [0.15, 0.2) is 102 Å². The second-order valence-electron chi connectivity index (χ2n) is 6.85. The molecule has 2 aliphatic rings. The smallest absolute Gasteiger partial charge is 0.218 e. The normalized spacial score (nSPS) is 13.3. The summed E-state index contributed by atoms with van der Waals surface area (Å²) in [5, 5.41) is 0. The molecule has 2 aliphatic heterocycles. The third kappa shape index (κ3) is 2.65. The summed E-state index contributed by atoms with van der Waals surface area (Å²) in [4.78, 5) is 9.58. The summed E-state index contributed by atoms with van der Waals surface area (Å²) >= 11 is 0. The first-order chi connectivity index (χ1) is 13.9.